The lowest BCUT2D eigenvalue weighted by Gasteiger charge is -2.33. The Morgan fingerprint density at radius 3 is 2.13 bits per heavy atom. The van der Waals surface area contributed by atoms with Crippen molar-refractivity contribution in [2.45, 2.75) is 6.61 Å². The van der Waals surface area contributed by atoms with Crippen LogP contribution in [-0.4, -0.2) is 65.1 Å². The second-order valence-corrected chi connectivity index (χ2v) is 7.26. The Kier molecular flexibility index (Phi) is 6.83. The summed E-state index contributed by atoms with van der Waals surface area (Å²) < 4.78 is 39.9. The highest BCUT2D eigenvalue weighted by molar-refractivity contribution is 6.06. The van der Waals surface area contributed by atoms with Crippen molar-refractivity contribution in [3.63, 3.8) is 0 Å². The number of carbonyl (C=O) groups is 1. The Labute approximate surface area is 179 Å². The van der Waals surface area contributed by atoms with Crippen molar-refractivity contribution in [2.24, 2.45) is 0 Å². The van der Waals surface area contributed by atoms with Crippen LogP contribution in [0.15, 0.2) is 42.5 Å². The number of hydrogen-bond donors (Lipinski definition) is 1. The number of hydrogen-bond acceptors (Lipinski definition) is 6. The van der Waals surface area contributed by atoms with Gasteiger partial charge in [0.1, 0.15) is 5.75 Å². The molecule has 0 aliphatic carbocycles. The quantitative estimate of drug-likeness (QED) is 0.755. The van der Waals surface area contributed by atoms with Gasteiger partial charge >= 0.3 is 6.61 Å². The Morgan fingerprint density at radius 2 is 1.52 bits per heavy atom. The molecule has 4 rings (SSSR count). The molecule has 2 heterocycles. The van der Waals surface area contributed by atoms with Crippen LogP contribution in [0.25, 0.3) is 0 Å². The molecule has 1 N–H and O–H groups in total. The monoisotopic (exact) mass is 433 g/mol. The van der Waals surface area contributed by atoms with Gasteiger partial charge in [-0.05, 0) is 42.5 Å². The molecular weight excluding hydrogens is 408 g/mol. The smallest absolute Gasteiger partial charge is 0.387 e. The Balaban J connectivity index is 1.55. The average Bonchev–Trinajstić information content (AvgIpc) is 2.80. The molecule has 0 saturated carbocycles. The molecule has 7 nitrogen and oxygen atoms in total. The van der Waals surface area contributed by atoms with Gasteiger partial charge in [-0.15, -0.1) is 0 Å². The number of ether oxygens (including phenoxy) is 3. The SMILES string of the molecule is O=C(Nc1ccc(N2CCOCC2)cc1N1CCOCC1)c1ccc(OC(F)F)cc1. The Bertz CT molecular complexity index is 883. The van der Waals surface area contributed by atoms with E-state index in [2.05, 4.69) is 25.9 Å². The third kappa shape index (κ3) is 5.42. The van der Waals surface area contributed by atoms with Crippen molar-refractivity contribution in [2.75, 3.05) is 67.7 Å². The standard InChI is InChI=1S/C22H25F2N3O4/c23-22(24)31-18-4-1-16(2-5-18)21(28)25-19-6-3-17(26-7-11-29-12-8-26)15-20(19)27-9-13-30-14-10-27/h1-6,15,22H,7-14H2,(H,25,28). The van der Waals surface area contributed by atoms with E-state index in [1.165, 1.54) is 24.3 Å². The lowest BCUT2D eigenvalue weighted by Crippen LogP contribution is -2.38. The van der Waals surface area contributed by atoms with Crippen molar-refractivity contribution >= 4 is 23.0 Å². The molecule has 1 amide bonds. The second kappa shape index (κ2) is 9.93. The highest BCUT2D eigenvalue weighted by Crippen LogP contribution is 2.32. The Morgan fingerprint density at radius 1 is 0.903 bits per heavy atom. The maximum absolute atomic E-state index is 12.8. The first-order valence-electron chi connectivity index (χ1n) is 10.3. The number of rotatable bonds is 6. The molecule has 2 aliphatic heterocycles. The molecular formula is C22H25F2N3O4. The van der Waals surface area contributed by atoms with E-state index in [1.54, 1.807) is 0 Å². The van der Waals surface area contributed by atoms with Crippen molar-refractivity contribution in [1.29, 1.82) is 0 Å². The zero-order chi connectivity index (χ0) is 21.6. The number of nitrogens with one attached hydrogen (secondary N) is 1. The maximum atomic E-state index is 12.8. The van der Waals surface area contributed by atoms with Gasteiger partial charge in [-0.1, -0.05) is 0 Å². The normalized spacial score (nSPS) is 17.0. The predicted molar refractivity (Wildman–Crippen MR) is 114 cm³/mol. The summed E-state index contributed by atoms with van der Waals surface area (Å²) in [5.74, 6) is -0.312. The van der Waals surface area contributed by atoms with Crippen LogP contribution in [0.5, 0.6) is 5.75 Å². The third-order valence-corrected chi connectivity index (χ3v) is 5.30. The van der Waals surface area contributed by atoms with Crippen molar-refractivity contribution in [1.82, 2.24) is 0 Å². The highest BCUT2D eigenvalue weighted by atomic mass is 19.3. The zero-order valence-electron chi connectivity index (χ0n) is 17.1. The van der Waals surface area contributed by atoms with Crippen LogP contribution in [0.2, 0.25) is 0 Å². The maximum Gasteiger partial charge on any atom is 0.387 e. The summed E-state index contributed by atoms with van der Waals surface area (Å²) >= 11 is 0. The lowest BCUT2D eigenvalue weighted by molar-refractivity contribution is -0.0498. The van der Waals surface area contributed by atoms with Gasteiger partial charge in [0.2, 0.25) is 0 Å². The number of nitrogens with zero attached hydrogens (tertiary/aromatic N) is 2. The number of alkyl halides is 2. The van der Waals surface area contributed by atoms with Gasteiger partial charge in [-0.3, -0.25) is 4.79 Å². The van der Waals surface area contributed by atoms with Crippen LogP contribution in [0.3, 0.4) is 0 Å². The van der Waals surface area contributed by atoms with Gasteiger partial charge in [-0.25, -0.2) is 0 Å². The summed E-state index contributed by atoms with van der Waals surface area (Å²) in [7, 11) is 0. The van der Waals surface area contributed by atoms with E-state index in [1.807, 2.05) is 12.1 Å². The molecule has 2 saturated heterocycles. The van der Waals surface area contributed by atoms with Crippen LogP contribution in [0, 0.1) is 0 Å². The number of amides is 1. The topological polar surface area (TPSA) is 63.3 Å². The number of carbonyl (C=O) groups excluding carboxylic acids is 1. The molecule has 0 aromatic heterocycles. The summed E-state index contributed by atoms with van der Waals surface area (Å²) in [6.45, 7) is 2.84. The van der Waals surface area contributed by atoms with E-state index in [0.717, 1.165) is 37.6 Å². The van der Waals surface area contributed by atoms with E-state index in [4.69, 9.17) is 9.47 Å². The molecule has 2 fully saturated rings. The predicted octanol–water partition coefficient (Wildman–Crippen LogP) is 3.21. The first-order chi connectivity index (χ1) is 15.1. The molecule has 2 aliphatic rings. The van der Waals surface area contributed by atoms with Crippen molar-refractivity contribution in [3.05, 3.63) is 48.0 Å². The highest BCUT2D eigenvalue weighted by Gasteiger charge is 2.20. The van der Waals surface area contributed by atoms with Gasteiger partial charge in [0, 0.05) is 37.4 Å². The number of anilines is 3. The Hall–Kier alpha value is -2.91. The van der Waals surface area contributed by atoms with Gasteiger partial charge in [0.25, 0.3) is 5.91 Å². The van der Waals surface area contributed by atoms with Gasteiger partial charge < -0.3 is 29.3 Å². The first-order valence-corrected chi connectivity index (χ1v) is 10.3. The van der Waals surface area contributed by atoms with E-state index in [-0.39, 0.29) is 11.7 Å². The van der Waals surface area contributed by atoms with E-state index in [0.29, 0.717) is 37.7 Å². The van der Waals surface area contributed by atoms with E-state index >= 15 is 0 Å². The summed E-state index contributed by atoms with van der Waals surface area (Å²) in [4.78, 5) is 17.3. The number of morpholine rings is 2. The van der Waals surface area contributed by atoms with Gasteiger partial charge in [0.05, 0.1) is 37.8 Å². The van der Waals surface area contributed by atoms with Crippen LogP contribution in [0.4, 0.5) is 25.8 Å². The third-order valence-electron chi connectivity index (χ3n) is 5.30. The largest absolute Gasteiger partial charge is 0.435 e. The number of halogens is 2. The van der Waals surface area contributed by atoms with Crippen LogP contribution in [0.1, 0.15) is 10.4 Å². The summed E-state index contributed by atoms with van der Waals surface area (Å²) in [6, 6.07) is 11.6. The minimum atomic E-state index is -2.90. The minimum Gasteiger partial charge on any atom is -0.435 e. The molecule has 0 spiro atoms. The van der Waals surface area contributed by atoms with E-state index < -0.39 is 6.61 Å². The molecule has 2 aromatic carbocycles. The van der Waals surface area contributed by atoms with Crippen LogP contribution >= 0.6 is 0 Å². The minimum absolute atomic E-state index is 0.00965. The van der Waals surface area contributed by atoms with Crippen molar-refractivity contribution < 1.29 is 27.8 Å². The van der Waals surface area contributed by atoms with Gasteiger partial charge in [-0.2, -0.15) is 8.78 Å². The molecule has 0 unspecified atom stereocenters. The average molecular weight is 433 g/mol. The molecule has 166 valence electrons. The summed E-state index contributed by atoms with van der Waals surface area (Å²) in [5, 5.41) is 2.96. The fourth-order valence-electron chi connectivity index (χ4n) is 3.69. The second-order valence-electron chi connectivity index (χ2n) is 7.26. The molecule has 0 atom stereocenters. The van der Waals surface area contributed by atoms with E-state index in [9.17, 15) is 13.6 Å². The molecule has 0 radical (unpaired) electrons. The molecule has 31 heavy (non-hydrogen) atoms. The summed E-state index contributed by atoms with van der Waals surface area (Å²) in [6.07, 6.45) is 0. The lowest BCUT2D eigenvalue weighted by atomic mass is 10.1. The van der Waals surface area contributed by atoms with Gasteiger partial charge in [0.15, 0.2) is 0 Å². The number of benzene rings is 2. The fourth-order valence-corrected chi connectivity index (χ4v) is 3.69. The zero-order valence-corrected chi connectivity index (χ0v) is 17.1. The molecule has 2 aromatic rings. The molecule has 0 bridgehead atoms. The fraction of sp³-hybridized carbons (Fsp3) is 0.409. The first kappa shape index (κ1) is 21.3. The van der Waals surface area contributed by atoms with Crippen LogP contribution < -0.4 is 19.9 Å². The summed E-state index contributed by atoms with van der Waals surface area (Å²) in [5.41, 5.74) is 3.05. The van der Waals surface area contributed by atoms with Crippen LogP contribution in [-0.2, 0) is 9.47 Å². The molecule has 9 heteroatoms. The van der Waals surface area contributed by atoms with Crippen molar-refractivity contribution in [3.8, 4) is 5.75 Å².